The summed E-state index contributed by atoms with van der Waals surface area (Å²) in [7, 11) is 0. The number of rotatable bonds is 1. The van der Waals surface area contributed by atoms with Crippen molar-refractivity contribution in [2.24, 2.45) is 4.99 Å². The molecule has 4 rings (SSSR count). The number of benzene rings is 3. The Labute approximate surface area is 111 Å². The van der Waals surface area contributed by atoms with Gasteiger partial charge in [-0.1, -0.05) is 60.7 Å². The second-order valence-electron chi connectivity index (χ2n) is 4.87. The van der Waals surface area contributed by atoms with Crippen LogP contribution in [0.2, 0.25) is 0 Å². The van der Waals surface area contributed by atoms with E-state index in [9.17, 15) is 0 Å². The summed E-state index contributed by atoms with van der Waals surface area (Å²) in [5.74, 6) is 0. The van der Waals surface area contributed by atoms with Gasteiger partial charge in [0.2, 0.25) is 0 Å². The molecule has 0 bridgehead atoms. The maximum atomic E-state index is 4.82. The first-order chi connectivity index (χ1) is 9.42. The second kappa shape index (κ2) is 4.06. The molecule has 1 aliphatic rings. The predicted molar refractivity (Wildman–Crippen MR) is 78.4 cm³/mol. The van der Waals surface area contributed by atoms with Gasteiger partial charge in [0.25, 0.3) is 0 Å². The van der Waals surface area contributed by atoms with Crippen molar-refractivity contribution in [1.82, 2.24) is 0 Å². The van der Waals surface area contributed by atoms with E-state index in [0.717, 1.165) is 5.36 Å². The van der Waals surface area contributed by atoms with Crippen LogP contribution in [0, 0.1) is 0 Å². The van der Waals surface area contributed by atoms with Crippen molar-refractivity contribution in [1.29, 1.82) is 0 Å². The summed E-state index contributed by atoms with van der Waals surface area (Å²) < 4.78 is 0. The molecule has 0 saturated carbocycles. The van der Waals surface area contributed by atoms with Gasteiger partial charge in [0.1, 0.15) is 0 Å². The highest BCUT2D eigenvalue weighted by atomic mass is 14.8. The highest BCUT2D eigenvalue weighted by molar-refractivity contribution is 5.87. The second-order valence-corrected chi connectivity index (χ2v) is 4.87. The predicted octanol–water partition coefficient (Wildman–Crippen LogP) is 2.99. The van der Waals surface area contributed by atoms with E-state index < -0.39 is 0 Å². The quantitative estimate of drug-likeness (QED) is 0.623. The highest BCUT2D eigenvalue weighted by Crippen LogP contribution is 2.28. The van der Waals surface area contributed by atoms with Crippen molar-refractivity contribution in [2.75, 3.05) is 0 Å². The van der Waals surface area contributed by atoms with Gasteiger partial charge >= 0.3 is 0 Å². The summed E-state index contributed by atoms with van der Waals surface area (Å²) in [5.41, 5.74) is 1.29. The minimum Gasteiger partial charge on any atom is -0.272 e. The SMILES string of the molecule is C1=c2ccccc2=NC1c1cccc2ccccc12. The molecule has 1 aliphatic heterocycles. The van der Waals surface area contributed by atoms with Gasteiger partial charge in [-0.3, -0.25) is 4.99 Å². The smallest absolute Gasteiger partial charge is 0.0953 e. The van der Waals surface area contributed by atoms with Gasteiger partial charge in [0, 0.05) is 0 Å². The fraction of sp³-hybridized carbons (Fsp3) is 0.0556. The number of nitrogens with zero attached hydrogens (tertiary/aromatic N) is 1. The molecule has 1 unspecified atom stereocenters. The van der Waals surface area contributed by atoms with Crippen LogP contribution in [0.25, 0.3) is 16.8 Å². The van der Waals surface area contributed by atoms with E-state index in [-0.39, 0.29) is 6.04 Å². The molecule has 1 heterocycles. The fourth-order valence-corrected chi connectivity index (χ4v) is 2.77. The largest absolute Gasteiger partial charge is 0.272 e. The van der Waals surface area contributed by atoms with E-state index in [1.165, 1.54) is 21.6 Å². The molecule has 90 valence electrons. The first-order valence-electron chi connectivity index (χ1n) is 6.54. The number of fused-ring (bicyclic) bond motifs is 2. The molecule has 3 aromatic carbocycles. The Hall–Kier alpha value is -2.41. The Morgan fingerprint density at radius 1 is 0.737 bits per heavy atom. The van der Waals surface area contributed by atoms with Crippen LogP contribution in [-0.2, 0) is 0 Å². The lowest BCUT2D eigenvalue weighted by Crippen LogP contribution is -2.19. The van der Waals surface area contributed by atoms with E-state index in [2.05, 4.69) is 66.7 Å². The molecular weight excluding hydrogens is 230 g/mol. The molecule has 0 aliphatic carbocycles. The van der Waals surface area contributed by atoms with E-state index >= 15 is 0 Å². The lowest BCUT2D eigenvalue weighted by atomic mass is 9.99. The van der Waals surface area contributed by atoms with Crippen molar-refractivity contribution in [2.45, 2.75) is 6.04 Å². The van der Waals surface area contributed by atoms with Gasteiger partial charge in [0.15, 0.2) is 0 Å². The van der Waals surface area contributed by atoms with Gasteiger partial charge in [-0.25, -0.2) is 0 Å². The summed E-state index contributed by atoms with van der Waals surface area (Å²) >= 11 is 0. The van der Waals surface area contributed by atoms with E-state index in [1.807, 2.05) is 6.07 Å². The monoisotopic (exact) mass is 243 g/mol. The minimum absolute atomic E-state index is 0.142. The summed E-state index contributed by atoms with van der Waals surface area (Å²) in [6.07, 6.45) is 2.25. The van der Waals surface area contributed by atoms with Crippen LogP contribution in [0.5, 0.6) is 0 Å². The van der Waals surface area contributed by atoms with Crippen LogP contribution in [0.1, 0.15) is 11.6 Å². The Bertz CT molecular complexity index is 837. The minimum atomic E-state index is 0.142. The van der Waals surface area contributed by atoms with E-state index in [4.69, 9.17) is 4.99 Å². The van der Waals surface area contributed by atoms with Crippen LogP contribution >= 0.6 is 0 Å². The van der Waals surface area contributed by atoms with Gasteiger partial charge in [0.05, 0.1) is 11.4 Å². The van der Waals surface area contributed by atoms with Crippen molar-refractivity contribution < 1.29 is 0 Å². The van der Waals surface area contributed by atoms with Crippen molar-refractivity contribution in [3.05, 3.63) is 82.9 Å². The van der Waals surface area contributed by atoms with Crippen LogP contribution < -0.4 is 10.6 Å². The average molecular weight is 243 g/mol. The number of hydrogen-bond donors (Lipinski definition) is 0. The van der Waals surface area contributed by atoms with Crippen LogP contribution in [0.4, 0.5) is 0 Å². The van der Waals surface area contributed by atoms with Crippen LogP contribution in [0.3, 0.4) is 0 Å². The van der Waals surface area contributed by atoms with Gasteiger partial charge in [-0.05, 0) is 33.7 Å². The normalized spacial score (nSPS) is 16.7. The zero-order valence-electron chi connectivity index (χ0n) is 10.5. The van der Waals surface area contributed by atoms with Crippen molar-refractivity contribution >= 4 is 16.8 Å². The van der Waals surface area contributed by atoms with E-state index in [0.29, 0.717) is 0 Å². The molecule has 0 spiro atoms. The van der Waals surface area contributed by atoms with E-state index in [1.54, 1.807) is 0 Å². The Morgan fingerprint density at radius 2 is 1.53 bits per heavy atom. The summed E-state index contributed by atoms with van der Waals surface area (Å²) in [4.78, 5) is 4.82. The Morgan fingerprint density at radius 3 is 2.47 bits per heavy atom. The summed E-state index contributed by atoms with van der Waals surface area (Å²) in [6, 6.07) is 23.4. The molecule has 3 aromatic rings. The summed E-state index contributed by atoms with van der Waals surface area (Å²) in [6.45, 7) is 0. The lowest BCUT2D eigenvalue weighted by Gasteiger charge is -2.09. The molecule has 0 aromatic heterocycles. The number of hydrogen-bond acceptors (Lipinski definition) is 1. The first kappa shape index (κ1) is 10.5. The first-order valence-corrected chi connectivity index (χ1v) is 6.54. The Balaban J connectivity index is 1.96. The molecule has 1 atom stereocenters. The molecule has 1 heteroatoms. The molecule has 1 nitrogen and oxygen atoms in total. The zero-order valence-corrected chi connectivity index (χ0v) is 10.5. The summed E-state index contributed by atoms with van der Waals surface area (Å²) in [5, 5.41) is 4.91. The van der Waals surface area contributed by atoms with Gasteiger partial charge < -0.3 is 0 Å². The van der Waals surface area contributed by atoms with Crippen LogP contribution in [-0.4, -0.2) is 0 Å². The fourth-order valence-electron chi connectivity index (χ4n) is 2.77. The molecule has 0 radical (unpaired) electrons. The molecular formula is C18H13N. The maximum Gasteiger partial charge on any atom is 0.0953 e. The molecule has 0 amide bonds. The average Bonchev–Trinajstić information content (AvgIpc) is 2.90. The molecule has 0 N–H and O–H groups in total. The third kappa shape index (κ3) is 1.66. The highest BCUT2D eigenvalue weighted by Gasteiger charge is 2.13. The molecule has 19 heavy (non-hydrogen) atoms. The molecule has 0 fully saturated rings. The third-order valence-corrected chi connectivity index (χ3v) is 3.69. The van der Waals surface area contributed by atoms with Crippen molar-refractivity contribution in [3.63, 3.8) is 0 Å². The lowest BCUT2D eigenvalue weighted by molar-refractivity contribution is 0.953. The Kier molecular flexibility index (Phi) is 2.25. The van der Waals surface area contributed by atoms with Crippen LogP contribution in [0.15, 0.2) is 71.7 Å². The topological polar surface area (TPSA) is 12.4 Å². The third-order valence-electron chi connectivity index (χ3n) is 3.69. The van der Waals surface area contributed by atoms with Gasteiger partial charge in [-0.15, -0.1) is 0 Å². The van der Waals surface area contributed by atoms with Crippen molar-refractivity contribution in [3.8, 4) is 0 Å². The molecule has 0 saturated heterocycles. The standard InChI is InChI=1S/C18H13N/c1-3-9-15-13(6-1)8-5-10-16(15)18-12-14-7-2-4-11-17(14)19-18/h1-12,18H. The maximum absolute atomic E-state index is 4.82. The zero-order chi connectivity index (χ0) is 12.7. The van der Waals surface area contributed by atoms with Gasteiger partial charge in [-0.2, -0.15) is 0 Å². The number of para-hydroxylation sites is 1.